The van der Waals surface area contributed by atoms with Crippen molar-refractivity contribution in [1.82, 2.24) is 4.90 Å². The summed E-state index contributed by atoms with van der Waals surface area (Å²) in [5.74, 6) is -0.971. The fraction of sp³-hybridized carbons (Fsp3) is 0.133. The monoisotopic (exact) mass is 389 g/mol. The molecule has 0 saturated heterocycles. The largest absolute Gasteiger partial charge is 0.337 e. The van der Waals surface area contributed by atoms with Crippen LogP contribution >= 0.6 is 39.1 Å². The highest BCUT2D eigenvalue weighted by atomic mass is 79.9. The Morgan fingerprint density at radius 1 is 1.24 bits per heavy atom. The predicted octanol–water partition coefficient (Wildman–Crippen LogP) is 5.17. The highest BCUT2D eigenvalue weighted by molar-refractivity contribution is 9.10. The number of carbonyl (C=O) groups excluding carboxylic acids is 1. The second kappa shape index (κ2) is 6.77. The summed E-state index contributed by atoms with van der Waals surface area (Å²) in [6, 6.07) is 9.54. The molecule has 21 heavy (non-hydrogen) atoms. The molecule has 6 heteroatoms. The Kier molecular flexibility index (Phi) is 5.25. The van der Waals surface area contributed by atoms with Crippen molar-refractivity contribution in [1.29, 1.82) is 0 Å². The van der Waals surface area contributed by atoms with Gasteiger partial charge in [0, 0.05) is 18.1 Å². The molecule has 0 spiro atoms. The highest BCUT2D eigenvalue weighted by Gasteiger charge is 2.19. The second-order valence-corrected chi connectivity index (χ2v) is 6.18. The first-order valence-corrected chi connectivity index (χ1v) is 7.58. The maximum Gasteiger partial charge on any atom is 0.258 e. The molecule has 2 rings (SSSR count). The Bertz CT molecular complexity index is 673. The van der Waals surface area contributed by atoms with E-state index in [2.05, 4.69) is 15.9 Å². The molecule has 2 aromatic rings. The topological polar surface area (TPSA) is 20.3 Å². The van der Waals surface area contributed by atoms with E-state index in [4.69, 9.17) is 23.2 Å². The number of halogens is 4. The lowest BCUT2D eigenvalue weighted by molar-refractivity contribution is 0.0779. The molecule has 0 radical (unpaired) electrons. The van der Waals surface area contributed by atoms with E-state index in [0.717, 1.165) is 5.56 Å². The summed E-state index contributed by atoms with van der Waals surface area (Å²) in [4.78, 5) is 13.8. The Hall–Kier alpha value is -1.10. The molecule has 0 N–H and O–H groups in total. The van der Waals surface area contributed by atoms with Gasteiger partial charge in [-0.1, -0.05) is 35.3 Å². The fourth-order valence-electron chi connectivity index (χ4n) is 1.88. The van der Waals surface area contributed by atoms with Crippen molar-refractivity contribution >= 4 is 45.0 Å². The van der Waals surface area contributed by atoms with Gasteiger partial charge in [0.2, 0.25) is 0 Å². The van der Waals surface area contributed by atoms with E-state index < -0.39 is 11.7 Å². The number of hydrogen-bond donors (Lipinski definition) is 0. The molecule has 0 aliphatic heterocycles. The van der Waals surface area contributed by atoms with Crippen LogP contribution in [0.25, 0.3) is 0 Å². The van der Waals surface area contributed by atoms with Gasteiger partial charge in [-0.25, -0.2) is 4.39 Å². The lowest BCUT2D eigenvalue weighted by Gasteiger charge is -2.18. The molecule has 2 nitrogen and oxygen atoms in total. The van der Waals surface area contributed by atoms with Crippen molar-refractivity contribution in [2.75, 3.05) is 7.05 Å². The number of rotatable bonds is 3. The molecule has 0 aliphatic rings. The summed E-state index contributed by atoms with van der Waals surface area (Å²) in [7, 11) is 1.60. The molecule has 0 aromatic heterocycles. The van der Waals surface area contributed by atoms with Crippen molar-refractivity contribution in [3.63, 3.8) is 0 Å². The first-order chi connectivity index (χ1) is 9.90. The minimum atomic E-state index is -0.560. The summed E-state index contributed by atoms with van der Waals surface area (Å²) < 4.78 is 14.2. The molecule has 0 aliphatic carbocycles. The summed E-state index contributed by atoms with van der Waals surface area (Å²) in [6.07, 6.45) is 0. The van der Waals surface area contributed by atoms with Crippen molar-refractivity contribution in [2.24, 2.45) is 0 Å². The van der Waals surface area contributed by atoms with Crippen LogP contribution in [0.2, 0.25) is 10.0 Å². The van der Waals surface area contributed by atoms with E-state index in [9.17, 15) is 9.18 Å². The normalized spacial score (nSPS) is 10.5. The second-order valence-electron chi connectivity index (χ2n) is 4.51. The Morgan fingerprint density at radius 3 is 2.57 bits per heavy atom. The van der Waals surface area contributed by atoms with Crippen LogP contribution in [0, 0.1) is 5.82 Å². The van der Waals surface area contributed by atoms with Gasteiger partial charge in [0.25, 0.3) is 5.91 Å². The molecular formula is C15H11BrCl2FNO. The summed E-state index contributed by atoms with van der Waals surface area (Å²) in [5.41, 5.74) is 0.827. The molecule has 0 bridgehead atoms. The Labute approximate surface area is 140 Å². The summed E-state index contributed by atoms with van der Waals surface area (Å²) in [5, 5.41) is 0.869. The van der Waals surface area contributed by atoms with Gasteiger partial charge >= 0.3 is 0 Å². The molecule has 1 amide bonds. The van der Waals surface area contributed by atoms with E-state index in [1.807, 2.05) is 0 Å². The number of hydrogen-bond acceptors (Lipinski definition) is 1. The lowest BCUT2D eigenvalue weighted by Crippen LogP contribution is -2.27. The van der Waals surface area contributed by atoms with Crippen LogP contribution < -0.4 is 0 Å². The van der Waals surface area contributed by atoms with Crippen LogP contribution in [0.3, 0.4) is 0 Å². The zero-order valence-electron chi connectivity index (χ0n) is 11.0. The highest BCUT2D eigenvalue weighted by Crippen LogP contribution is 2.25. The van der Waals surface area contributed by atoms with Gasteiger partial charge < -0.3 is 4.90 Å². The predicted molar refractivity (Wildman–Crippen MR) is 86.4 cm³/mol. The third kappa shape index (κ3) is 3.76. The van der Waals surface area contributed by atoms with Crippen LogP contribution in [0.1, 0.15) is 15.9 Å². The van der Waals surface area contributed by atoms with Gasteiger partial charge in [-0.3, -0.25) is 4.79 Å². The molecule has 0 unspecified atom stereocenters. The number of nitrogens with zero attached hydrogens (tertiary/aromatic N) is 1. The quantitative estimate of drug-likeness (QED) is 0.708. The standard InChI is InChI=1S/C15H11BrCl2FNO/c1-20(8-9-5-6-11(17)12(18)7-9)15(21)14-10(16)3-2-4-13(14)19/h2-7H,8H2,1H3. The first kappa shape index (κ1) is 16.3. The van der Waals surface area contributed by atoms with Crippen LogP contribution in [0.5, 0.6) is 0 Å². The van der Waals surface area contributed by atoms with Gasteiger partial charge in [-0.15, -0.1) is 0 Å². The van der Waals surface area contributed by atoms with Crippen molar-refractivity contribution < 1.29 is 9.18 Å². The number of benzene rings is 2. The molecule has 2 aromatic carbocycles. The fourth-order valence-corrected chi connectivity index (χ4v) is 2.71. The summed E-state index contributed by atoms with van der Waals surface area (Å²) >= 11 is 15.0. The SMILES string of the molecule is CN(Cc1ccc(Cl)c(Cl)c1)C(=O)c1c(F)cccc1Br. The maximum atomic E-state index is 13.8. The van der Waals surface area contributed by atoms with Crippen molar-refractivity contribution in [3.8, 4) is 0 Å². The minimum Gasteiger partial charge on any atom is -0.337 e. The zero-order valence-corrected chi connectivity index (χ0v) is 14.1. The zero-order chi connectivity index (χ0) is 15.6. The third-order valence-corrected chi connectivity index (χ3v) is 4.33. The van der Waals surface area contributed by atoms with E-state index >= 15 is 0 Å². The molecule has 0 heterocycles. The van der Waals surface area contributed by atoms with Crippen LogP contribution in [0.4, 0.5) is 4.39 Å². The van der Waals surface area contributed by atoms with Gasteiger partial charge in [-0.2, -0.15) is 0 Å². The average molecular weight is 391 g/mol. The molecule has 110 valence electrons. The summed E-state index contributed by atoms with van der Waals surface area (Å²) in [6.45, 7) is 0.302. The molecule has 0 saturated carbocycles. The van der Waals surface area contributed by atoms with Crippen LogP contribution in [-0.2, 0) is 6.54 Å². The van der Waals surface area contributed by atoms with E-state index in [1.165, 1.54) is 17.0 Å². The third-order valence-electron chi connectivity index (χ3n) is 2.93. The minimum absolute atomic E-state index is 0.0139. The van der Waals surface area contributed by atoms with Crippen molar-refractivity contribution in [3.05, 3.63) is 67.9 Å². The maximum absolute atomic E-state index is 13.8. The Balaban J connectivity index is 2.21. The first-order valence-electron chi connectivity index (χ1n) is 6.03. The smallest absolute Gasteiger partial charge is 0.258 e. The van der Waals surface area contributed by atoms with Gasteiger partial charge in [0.1, 0.15) is 5.82 Å². The lowest BCUT2D eigenvalue weighted by atomic mass is 10.1. The van der Waals surface area contributed by atoms with Gasteiger partial charge in [0.05, 0.1) is 15.6 Å². The average Bonchev–Trinajstić information content (AvgIpc) is 2.42. The van der Waals surface area contributed by atoms with Crippen LogP contribution in [0.15, 0.2) is 40.9 Å². The van der Waals surface area contributed by atoms with Gasteiger partial charge in [0.15, 0.2) is 0 Å². The van der Waals surface area contributed by atoms with E-state index in [1.54, 1.807) is 31.3 Å². The number of carbonyl (C=O) groups is 1. The van der Waals surface area contributed by atoms with Crippen LogP contribution in [-0.4, -0.2) is 17.9 Å². The molecule has 0 fully saturated rings. The Morgan fingerprint density at radius 2 is 1.95 bits per heavy atom. The van der Waals surface area contributed by atoms with Gasteiger partial charge in [-0.05, 0) is 45.8 Å². The molecule has 0 atom stereocenters. The van der Waals surface area contributed by atoms with Crippen molar-refractivity contribution in [2.45, 2.75) is 6.54 Å². The number of amides is 1. The van der Waals surface area contributed by atoms with E-state index in [-0.39, 0.29) is 5.56 Å². The van der Waals surface area contributed by atoms with E-state index in [0.29, 0.717) is 21.1 Å². The molecular weight excluding hydrogens is 380 g/mol.